The molecule has 0 radical (unpaired) electrons. The Bertz CT molecular complexity index is 1190. The Morgan fingerprint density at radius 3 is 2.39 bits per heavy atom. The molecule has 3 saturated carbocycles. The Morgan fingerprint density at radius 2 is 1.74 bits per heavy atom. The maximum Gasteiger partial charge on any atom is 0.219 e. The predicted molar refractivity (Wildman–Crippen MR) is 148 cm³/mol. The first-order chi connectivity index (χ1) is 17.7. The van der Waals surface area contributed by atoms with Crippen LogP contribution in [0.25, 0.3) is 0 Å². The zero-order chi connectivity index (χ0) is 27.9. The number of amides is 1. The third-order valence-electron chi connectivity index (χ3n) is 12.8. The minimum atomic E-state index is -0.464. The minimum Gasteiger partial charge on any atom is -0.359 e. The molecule has 206 valence electrons. The Morgan fingerprint density at radius 1 is 1.05 bits per heavy atom. The lowest BCUT2D eigenvalue weighted by Crippen LogP contribution is -2.64. The second-order valence-corrected chi connectivity index (χ2v) is 14.9. The fourth-order valence-corrected chi connectivity index (χ4v) is 10.3. The van der Waals surface area contributed by atoms with Crippen molar-refractivity contribution in [3.63, 3.8) is 0 Å². The molecule has 0 aliphatic heterocycles. The second kappa shape index (κ2) is 8.64. The summed E-state index contributed by atoms with van der Waals surface area (Å²) >= 11 is 0. The van der Waals surface area contributed by atoms with Crippen LogP contribution in [0.1, 0.15) is 99.3 Å². The first-order valence-electron chi connectivity index (χ1n) is 14.8. The van der Waals surface area contributed by atoms with Crippen molar-refractivity contribution in [3.8, 4) is 6.07 Å². The molecule has 0 bridgehead atoms. The van der Waals surface area contributed by atoms with Crippen LogP contribution in [0.4, 0.5) is 0 Å². The predicted octanol–water partition coefficient (Wildman–Crippen LogP) is 6.34. The van der Waals surface area contributed by atoms with Crippen LogP contribution in [0.5, 0.6) is 0 Å². The summed E-state index contributed by atoms with van der Waals surface area (Å²) in [5, 5.41) is 12.6. The number of nitriles is 1. The van der Waals surface area contributed by atoms with Crippen molar-refractivity contribution in [1.82, 2.24) is 5.32 Å². The summed E-state index contributed by atoms with van der Waals surface area (Å²) in [6, 6.07) is 2.17. The van der Waals surface area contributed by atoms with Crippen molar-refractivity contribution in [1.29, 1.82) is 5.26 Å². The maximum atomic E-state index is 14.4. The van der Waals surface area contributed by atoms with Gasteiger partial charge in [0.15, 0.2) is 11.6 Å². The molecule has 8 atom stereocenters. The quantitative estimate of drug-likeness (QED) is 0.472. The molecule has 0 spiro atoms. The number of allylic oxidation sites excluding steroid dienone is 4. The van der Waals surface area contributed by atoms with Gasteiger partial charge in [-0.25, -0.2) is 0 Å². The molecule has 0 heterocycles. The smallest absolute Gasteiger partial charge is 0.219 e. The number of nitrogens with zero attached hydrogens (tertiary/aromatic N) is 1. The molecule has 5 heteroatoms. The van der Waals surface area contributed by atoms with Gasteiger partial charge in [-0.1, -0.05) is 53.2 Å². The molecule has 5 aliphatic rings. The molecule has 0 aromatic rings. The Kier molecular flexibility index (Phi) is 6.22. The summed E-state index contributed by atoms with van der Waals surface area (Å²) in [7, 11) is 1.71. The van der Waals surface area contributed by atoms with E-state index in [2.05, 4.69) is 46.0 Å². The van der Waals surface area contributed by atoms with Crippen LogP contribution in [-0.4, -0.2) is 24.5 Å². The number of carbonyl (C=O) groups is 3. The molecule has 5 aliphatic carbocycles. The Balaban J connectivity index is 1.63. The molecule has 3 unspecified atom stereocenters. The molecule has 0 saturated heterocycles. The van der Waals surface area contributed by atoms with E-state index in [1.54, 1.807) is 7.05 Å². The number of carbonyl (C=O) groups excluding carboxylic acids is 3. The van der Waals surface area contributed by atoms with Crippen molar-refractivity contribution in [2.24, 2.45) is 50.7 Å². The van der Waals surface area contributed by atoms with E-state index < -0.39 is 5.41 Å². The molecule has 3 fully saturated rings. The Hall–Kier alpha value is -2.22. The van der Waals surface area contributed by atoms with Crippen molar-refractivity contribution in [2.75, 3.05) is 7.05 Å². The number of rotatable bonds is 3. The van der Waals surface area contributed by atoms with Crippen LogP contribution in [0.2, 0.25) is 0 Å². The van der Waals surface area contributed by atoms with Crippen LogP contribution in [-0.2, 0) is 14.4 Å². The van der Waals surface area contributed by atoms with E-state index in [-0.39, 0.29) is 68.4 Å². The van der Waals surface area contributed by atoms with Crippen molar-refractivity contribution in [2.45, 2.75) is 99.3 Å². The van der Waals surface area contributed by atoms with Gasteiger partial charge in [0.2, 0.25) is 5.91 Å². The van der Waals surface area contributed by atoms with Crippen LogP contribution in [0.3, 0.4) is 0 Å². The highest BCUT2D eigenvalue weighted by Gasteiger charge is 2.68. The number of fused-ring (bicyclic) bond motifs is 7. The van der Waals surface area contributed by atoms with Gasteiger partial charge >= 0.3 is 0 Å². The van der Waals surface area contributed by atoms with Gasteiger partial charge in [-0.2, -0.15) is 5.26 Å². The van der Waals surface area contributed by atoms with Crippen LogP contribution in [0, 0.1) is 62.1 Å². The lowest BCUT2D eigenvalue weighted by molar-refractivity contribution is -0.171. The third-order valence-corrected chi connectivity index (χ3v) is 12.8. The van der Waals surface area contributed by atoms with E-state index in [1.165, 1.54) is 0 Å². The molecule has 0 aromatic heterocycles. The van der Waals surface area contributed by atoms with E-state index in [0.29, 0.717) is 6.42 Å². The van der Waals surface area contributed by atoms with Gasteiger partial charge in [-0.15, -0.1) is 0 Å². The fraction of sp³-hybridized carbons (Fsp3) is 0.758. The van der Waals surface area contributed by atoms with E-state index >= 15 is 0 Å². The molecule has 5 nitrogen and oxygen atoms in total. The molecule has 1 amide bonds. The first kappa shape index (κ1) is 27.4. The third kappa shape index (κ3) is 3.57. The molecule has 38 heavy (non-hydrogen) atoms. The highest BCUT2D eigenvalue weighted by Crippen LogP contribution is 2.74. The standard InChI is InChI=1S/C33H46N2O3/c1-20-22-8-10-31(5)25(30(22,4)17-21(19-34)28(20)38)16-24(36)27-23-18-29(2,3)12-14-33(23,11-9-26(37)35-7)15-13-32(27,31)6/h16-17,20,22-23,27H,8-15,18H2,1-7H3,(H,35,37)/t20?,22-,23?,27?,30-,31+,32+,33+/m0/s1. The van der Waals surface area contributed by atoms with E-state index in [9.17, 15) is 19.6 Å². The first-order valence-corrected chi connectivity index (χ1v) is 14.8. The lowest BCUT2D eigenvalue weighted by atomic mass is 9.34. The van der Waals surface area contributed by atoms with Gasteiger partial charge in [-0.3, -0.25) is 14.4 Å². The second-order valence-electron chi connectivity index (χ2n) is 14.9. The number of ketones is 2. The molecule has 5 rings (SSSR count). The number of Topliss-reactive ketones (excluding diaryl/α,β-unsaturated/α-hetero) is 1. The van der Waals surface area contributed by atoms with Crippen molar-refractivity contribution < 1.29 is 14.4 Å². The van der Waals surface area contributed by atoms with Gasteiger partial charge in [0.25, 0.3) is 0 Å². The Labute approximate surface area is 228 Å². The summed E-state index contributed by atoms with van der Waals surface area (Å²) in [5.41, 5.74) is 0.790. The lowest BCUT2D eigenvalue weighted by Gasteiger charge is -2.69. The number of nitrogens with one attached hydrogen (secondary N) is 1. The maximum absolute atomic E-state index is 14.4. The van der Waals surface area contributed by atoms with Gasteiger partial charge in [-0.05, 0) is 90.9 Å². The summed E-state index contributed by atoms with van der Waals surface area (Å²) in [6.45, 7) is 13.6. The molecular weight excluding hydrogens is 472 g/mol. The van der Waals surface area contributed by atoms with Crippen molar-refractivity contribution >= 4 is 17.5 Å². The number of hydrogen-bond donors (Lipinski definition) is 1. The summed E-state index contributed by atoms with van der Waals surface area (Å²) in [6.07, 6.45) is 12.5. The van der Waals surface area contributed by atoms with Crippen LogP contribution < -0.4 is 5.32 Å². The van der Waals surface area contributed by atoms with E-state index in [0.717, 1.165) is 56.9 Å². The summed E-state index contributed by atoms with van der Waals surface area (Å²) in [5.74, 6) is 0.388. The van der Waals surface area contributed by atoms with E-state index in [4.69, 9.17) is 0 Å². The van der Waals surface area contributed by atoms with Gasteiger partial charge in [0, 0.05) is 30.7 Å². The topological polar surface area (TPSA) is 87.0 Å². The number of hydrogen-bond acceptors (Lipinski definition) is 4. The van der Waals surface area contributed by atoms with Crippen LogP contribution in [0.15, 0.2) is 23.3 Å². The zero-order valence-electron chi connectivity index (χ0n) is 24.5. The van der Waals surface area contributed by atoms with Crippen LogP contribution >= 0.6 is 0 Å². The van der Waals surface area contributed by atoms with Gasteiger partial charge in [0.05, 0.1) is 5.57 Å². The molecular formula is C33H46N2O3. The van der Waals surface area contributed by atoms with Gasteiger partial charge in [0.1, 0.15) is 6.07 Å². The minimum absolute atomic E-state index is 0.0321. The average molecular weight is 519 g/mol. The summed E-state index contributed by atoms with van der Waals surface area (Å²) < 4.78 is 0. The molecule has 0 aromatic carbocycles. The highest BCUT2D eigenvalue weighted by atomic mass is 16.1. The van der Waals surface area contributed by atoms with E-state index in [1.807, 2.05) is 19.1 Å². The molecule has 1 N–H and O–H groups in total. The fourth-order valence-electron chi connectivity index (χ4n) is 10.3. The zero-order valence-corrected chi connectivity index (χ0v) is 24.5. The largest absolute Gasteiger partial charge is 0.359 e. The highest BCUT2D eigenvalue weighted by molar-refractivity contribution is 6.02. The monoisotopic (exact) mass is 518 g/mol. The van der Waals surface area contributed by atoms with Gasteiger partial charge < -0.3 is 5.32 Å². The SMILES string of the molecule is CNC(=O)CC[C@]12CCC(C)(C)CC1C1C(=O)C=C3[C@@]4(C)C=C(C#N)C(=O)C(C)[C@@H]4CC[C@@]3(C)[C@]1(C)CC2. The summed E-state index contributed by atoms with van der Waals surface area (Å²) in [4.78, 5) is 39.7. The van der Waals surface area contributed by atoms with Crippen molar-refractivity contribution in [3.05, 3.63) is 23.3 Å². The normalized spacial score (nSPS) is 45.3. The average Bonchev–Trinajstić information content (AvgIpc) is 2.86.